The zero-order valence-electron chi connectivity index (χ0n) is 18.2. The summed E-state index contributed by atoms with van der Waals surface area (Å²) in [7, 11) is 0. The van der Waals surface area contributed by atoms with Crippen molar-refractivity contribution >= 4 is 0 Å². The standard InChI is InChI=1S/C25H36O/c1-10-16(2)15-26-25(9,23-19(5)11-17(3)12-20(23)6)24-21(7)13-18(4)14-22(24)8/h11-14,16H,10,15H2,1-9H3/t16-/m1/s1. The van der Waals surface area contributed by atoms with Crippen LogP contribution in [0, 0.1) is 47.5 Å². The normalized spacial score (nSPS) is 13.1. The predicted octanol–water partition coefficient (Wildman–Crippen LogP) is 6.86. The van der Waals surface area contributed by atoms with Crippen LogP contribution in [-0.4, -0.2) is 6.61 Å². The first-order valence-electron chi connectivity index (χ1n) is 9.90. The average Bonchev–Trinajstić information content (AvgIpc) is 2.50. The predicted molar refractivity (Wildman–Crippen MR) is 113 cm³/mol. The minimum absolute atomic E-state index is 0.437. The van der Waals surface area contributed by atoms with Gasteiger partial charge in [-0.3, -0.25) is 0 Å². The molecule has 0 heterocycles. The van der Waals surface area contributed by atoms with Crippen molar-refractivity contribution in [2.75, 3.05) is 6.61 Å². The molecule has 26 heavy (non-hydrogen) atoms. The van der Waals surface area contributed by atoms with Gasteiger partial charge in [-0.25, -0.2) is 0 Å². The molecule has 0 spiro atoms. The van der Waals surface area contributed by atoms with Gasteiger partial charge in [0.2, 0.25) is 0 Å². The average molecular weight is 353 g/mol. The molecular formula is C25H36O. The highest BCUT2D eigenvalue weighted by atomic mass is 16.5. The summed E-state index contributed by atoms with van der Waals surface area (Å²) in [6.45, 7) is 20.8. The molecule has 0 saturated carbocycles. The summed E-state index contributed by atoms with van der Waals surface area (Å²) in [5.41, 5.74) is 10.1. The fourth-order valence-corrected chi connectivity index (χ4v) is 4.56. The number of rotatable bonds is 6. The van der Waals surface area contributed by atoms with Crippen LogP contribution in [-0.2, 0) is 10.3 Å². The van der Waals surface area contributed by atoms with Crippen LogP contribution in [0.5, 0.6) is 0 Å². The molecular weight excluding hydrogens is 316 g/mol. The third-order valence-corrected chi connectivity index (χ3v) is 5.66. The molecule has 142 valence electrons. The lowest BCUT2D eigenvalue weighted by Gasteiger charge is -2.37. The van der Waals surface area contributed by atoms with E-state index in [0.717, 1.165) is 13.0 Å². The van der Waals surface area contributed by atoms with E-state index < -0.39 is 5.60 Å². The lowest BCUT2D eigenvalue weighted by atomic mass is 9.78. The van der Waals surface area contributed by atoms with Crippen LogP contribution in [0.1, 0.15) is 71.7 Å². The number of hydrogen-bond donors (Lipinski definition) is 0. The molecule has 1 nitrogen and oxygen atoms in total. The first kappa shape index (κ1) is 20.7. The van der Waals surface area contributed by atoms with Crippen molar-refractivity contribution in [1.82, 2.24) is 0 Å². The number of benzene rings is 2. The lowest BCUT2D eigenvalue weighted by Crippen LogP contribution is -2.33. The van der Waals surface area contributed by atoms with Crippen LogP contribution >= 0.6 is 0 Å². The van der Waals surface area contributed by atoms with Gasteiger partial charge in [0.15, 0.2) is 0 Å². The molecule has 0 aliphatic heterocycles. The molecule has 0 bridgehead atoms. The summed E-state index contributed by atoms with van der Waals surface area (Å²) in [6, 6.07) is 9.14. The minimum Gasteiger partial charge on any atom is -0.366 e. The number of ether oxygens (including phenoxy) is 1. The maximum Gasteiger partial charge on any atom is 0.116 e. The van der Waals surface area contributed by atoms with Gasteiger partial charge in [0.05, 0.1) is 6.61 Å². The van der Waals surface area contributed by atoms with E-state index in [-0.39, 0.29) is 0 Å². The second kappa shape index (κ2) is 7.96. The molecule has 2 aromatic carbocycles. The first-order valence-corrected chi connectivity index (χ1v) is 9.90. The molecule has 2 rings (SSSR count). The van der Waals surface area contributed by atoms with Gasteiger partial charge in [0.1, 0.15) is 5.60 Å². The topological polar surface area (TPSA) is 9.23 Å². The van der Waals surface area contributed by atoms with E-state index in [4.69, 9.17) is 4.74 Å². The highest BCUT2D eigenvalue weighted by Crippen LogP contribution is 2.41. The van der Waals surface area contributed by atoms with Gasteiger partial charge in [-0.05, 0) is 87.8 Å². The Balaban J connectivity index is 2.73. The van der Waals surface area contributed by atoms with Crippen molar-refractivity contribution < 1.29 is 4.74 Å². The second-order valence-corrected chi connectivity index (χ2v) is 8.41. The molecule has 0 saturated heterocycles. The Morgan fingerprint density at radius 3 is 1.42 bits per heavy atom. The van der Waals surface area contributed by atoms with Gasteiger partial charge in [-0.2, -0.15) is 0 Å². The minimum atomic E-state index is -0.437. The molecule has 0 unspecified atom stereocenters. The van der Waals surface area contributed by atoms with Gasteiger partial charge < -0.3 is 4.74 Å². The van der Waals surface area contributed by atoms with Crippen LogP contribution in [0.25, 0.3) is 0 Å². The molecule has 0 amide bonds. The fraction of sp³-hybridized carbons (Fsp3) is 0.520. The summed E-state index contributed by atoms with van der Waals surface area (Å²) in [6.07, 6.45) is 1.13. The Morgan fingerprint density at radius 1 is 0.769 bits per heavy atom. The lowest BCUT2D eigenvalue weighted by molar-refractivity contribution is -0.0229. The molecule has 2 aromatic rings. The van der Waals surface area contributed by atoms with Gasteiger partial charge >= 0.3 is 0 Å². The Kier molecular flexibility index (Phi) is 6.34. The summed E-state index contributed by atoms with van der Waals surface area (Å²) < 4.78 is 6.76. The largest absolute Gasteiger partial charge is 0.366 e. The third-order valence-electron chi connectivity index (χ3n) is 5.66. The molecule has 0 aliphatic carbocycles. The fourth-order valence-electron chi connectivity index (χ4n) is 4.56. The quantitative estimate of drug-likeness (QED) is 0.551. The van der Waals surface area contributed by atoms with E-state index in [0.29, 0.717) is 5.92 Å². The number of aryl methyl sites for hydroxylation is 6. The van der Waals surface area contributed by atoms with E-state index in [1.807, 2.05) is 0 Å². The number of hydrogen-bond acceptors (Lipinski definition) is 1. The Labute approximate surface area is 160 Å². The smallest absolute Gasteiger partial charge is 0.116 e. The van der Waals surface area contributed by atoms with Gasteiger partial charge in [0, 0.05) is 0 Å². The van der Waals surface area contributed by atoms with Crippen LogP contribution in [0.3, 0.4) is 0 Å². The van der Waals surface area contributed by atoms with Crippen LogP contribution in [0.15, 0.2) is 24.3 Å². The molecule has 1 heteroatoms. The van der Waals surface area contributed by atoms with Gasteiger partial charge in [0.25, 0.3) is 0 Å². The van der Waals surface area contributed by atoms with E-state index in [1.165, 1.54) is 44.5 Å². The van der Waals surface area contributed by atoms with Crippen molar-refractivity contribution in [2.24, 2.45) is 5.92 Å². The van der Waals surface area contributed by atoms with Gasteiger partial charge in [-0.1, -0.05) is 55.7 Å². The Hall–Kier alpha value is -1.60. The van der Waals surface area contributed by atoms with E-state index >= 15 is 0 Å². The molecule has 0 N–H and O–H groups in total. The second-order valence-electron chi connectivity index (χ2n) is 8.41. The highest BCUT2D eigenvalue weighted by molar-refractivity contribution is 5.52. The highest BCUT2D eigenvalue weighted by Gasteiger charge is 2.36. The molecule has 0 radical (unpaired) electrons. The SMILES string of the molecule is CC[C@@H](C)COC(C)(c1c(C)cc(C)cc1C)c1c(C)cc(C)cc1C. The monoisotopic (exact) mass is 352 g/mol. The van der Waals surface area contributed by atoms with Crippen LogP contribution in [0.2, 0.25) is 0 Å². The van der Waals surface area contributed by atoms with Crippen LogP contribution < -0.4 is 0 Å². The van der Waals surface area contributed by atoms with Crippen molar-refractivity contribution in [3.8, 4) is 0 Å². The van der Waals surface area contributed by atoms with Gasteiger partial charge in [-0.15, -0.1) is 0 Å². The molecule has 0 fully saturated rings. The third kappa shape index (κ3) is 4.04. The van der Waals surface area contributed by atoms with E-state index in [2.05, 4.69) is 86.6 Å². The van der Waals surface area contributed by atoms with Crippen molar-refractivity contribution in [1.29, 1.82) is 0 Å². The van der Waals surface area contributed by atoms with Crippen LogP contribution in [0.4, 0.5) is 0 Å². The maximum atomic E-state index is 6.76. The van der Waals surface area contributed by atoms with Crippen molar-refractivity contribution in [3.05, 3.63) is 68.8 Å². The molecule has 0 aromatic heterocycles. The molecule has 1 atom stereocenters. The zero-order chi connectivity index (χ0) is 19.6. The summed E-state index contributed by atoms with van der Waals surface area (Å²) in [5, 5.41) is 0. The Bertz CT molecular complexity index is 681. The van der Waals surface area contributed by atoms with E-state index in [1.54, 1.807) is 0 Å². The summed E-state index contributed by atoms with van der Waals surface area (Å²) in [5.74, 6) is 0.548. The summed E-state index contributed by atoms with van der Waals surface area (Å²) >= 11 is 0. The maximum absolute atomic E-state index is 6.76. The van der Waals surface area contributed by atoms with E-state index in [9.17, 15) is 0 Å². The first-order chi connectivity index (χ1) is 12.1. The zero-order valence-corrected chi connectivity index (χ0v) is 18.2. The summed E-state index contributed by atoms with van der Waals surface area (Å²) in [4.78, 5) is 0. The van der Waals surface area contributed by atoms with Crippen molar-refractivity contribution in [2.45, 2.75) is 74.3 Å². The molecule has 0 aliphatic rings. The Morgan fingerprint density at radius 2 is 1.12 bits per heavy atom. The van der Waals surface area contributed by atoms with Crippen molar-refractivity contribution in [3.63, 3.8) is 0 Å².